The van der Waals surface area contributed by atoms with E-state index in [-0.39, 0.29) is 17.9 Å². The molecule has 1 aliphatic rings. The Bertz CT molecular complexity index is 446. The largest absolute Gasteiger partial charge is 0.322 e. The van der Waals surface area contributed by atoms with Crippen molar-refractivity contribution in [3.05, 3.63) is 35.6 Å². The number of nitrogens with one attached hydrogen (secondary N) is 1. The van der Waals surface area contributed by atoms with Crippen molar-refractivity contribution in [2.75, 3.05) is 33.2 Å². The zero-order valence-corrected chi connectivity index (χ0v) is 11.4. The smallest absolute Gasteiger partial charge is 0.320 e. The number of carbonyl (C=O) groups is 1. The molecule has 1 aliphatic heterocycles. The van der Waals surface area contributed by atoms with Crippen molar-refractivity contribution in [2.24, 2.45) is 0 Å². The molecule has 1 N–H and O–H groups in total. The van der Waals surface area contributed by atoms with Crippen LogP contribution in [-0.2, 0) is 0 Å². The second-order valence-electron chi connectivity index (χ2n) is 4.83. The lowest BCUT2D eigenvalue weighted by Gasteiger charge is -2.34. The molecule has 5 heteroatoms. The van der Waals surface area contributed by atoms with Gasteiger partial charge in [-0.1, -0.05) is 18.2 Å². The van der Waals surface area contributed by atoms with Gasteiger partial charge in [-0.05, 0) is 13.0 Å². The summed E-state index contributed by atoms with van der Waals surface area (Å²) in [6.45, 7) is 4.88. The fourth-order valence-corrected chi connectivity index (χ4v) is 2.27. The van der Waals surface area contributed by atoms with Crippen molar-refractivity contribution >= 4 is 6.03 Å². The zero-order chi connectivity index (χ0) is 13.8. The van der Waals surface area contributed by atoms with E-state index < -0.39 is 0 Å². The molecule has 1 aromatic rings. The maximum Gasteiger partial charge on any atom is 0.320 e. The van der Waals surface area contributed by atoms with E-state index in [0.717, 1.165) is 13.1 Å². The number of rotatable bonds is 2. The Hall–Kier alpha value is -1.62. The molecule has 1 heterocycles. The second kappa shape index (κ2) is 6.02. The lowest BCUT2D eigenvalue weighted by Crippen LogP contribution is -2.51. The molecule has 1 atom stereocenters. The number of nitrogens with zero attached hydrogens (tertiary/aromatic N) is 2. The van der Waals surface area contributed by atoms with E-state index >= 15 is 0 Å². The Labute approximate surface area is 113 Å². The van der Waals surface area contributed by atoms with Gasteiger partial charge in [-0.15, -0.1) is 0 Å². The minimum Gasteiger partial charge on any atom is -0.322 e. The second-order valence-corrected chi connectivity index (χ2v) is 4.83. The predicted octanol–water partition coefficient (Wildman–Crippen LogP) is 1.84. The van der Waals surface area contributed by atoms with Crippen LogP contribution in [0.3, 0.4) is 0 Å². The first-order valence-electron chi connectivity index (χ1n) is 6.58. The van der Waals surface area contributed by atoms with Gasteiger partial charge in [-0.3, -0.25) is 0 Å². The van der Waals surface area contributed by atoms with Crippen molar-refractivity contribution < 1.29 is 9.18 Å². The highest BCUT2D eigenvalue weighted by Gasteiger charge is 2.25. The van der Waals surface area contributed by atoms with Crippen molar-refractivity contribution in [1.29, 1.82) is 0 Å². The number of hydrogen-bond acceptors (Lipinski definition) is 2. The third-order valence-electron chi connectivity index (χ3n) is 3.63. The summed E-state index contributed by atoms with van der Waals surface area (Å²) in [4.78, 5) is 15.7. The van der Waals surface area contributed by atoms with Crippen LogP contribution in [0.1, 0.15) is 18.5 Å². The Morgan fingerprint density at radius 1 is 1.37 bits per heavy atom. The van der Waals surface area contributed by atoms with E-state index in [9.17, 15) is 9.18 Å². The van der Waals surface area contributed by atoms with Crippen molar-refractivity contribution in [3.8, 4) is 0 Å². The van der Waals surface area contributed by atoms with E-state index in [1.165, 1.54) is 6.07 Å². The molecule has 1 unspecified atom stereocenters. The average Bonchev–Trinajstić information content (AvgIpc) is 2.46. The van der Waals surface area contributed by atoms with Gasteiger partial charge in [0.25, 0.3) is 0 Å². The maximum atomic E-state index is 13.7. The molecular weight excluding hydrogens is 245 g/mol. The van der Waals surface area contributed by atoms with Gasteiger partial charge >= 0.3 is 6.03 Å². The molecule has 2 amide bonds. The summed E-state index contributed by atoms with van der Waals surface area (Å²) in [5, 5.41) is 3.21. The zero-order valence-electron chi connectivity index (χ0n) is 11.4. The summed E-state index contributed by atoms with van der Waals surface area (Å²) >= 11 is 0. The van der Waals surface area contributed by atoms with E-state index in [0.29, 0.717) is 18.7 Å². The van der Waals surface area contributed by atoms with Crippen LogP contribution in [-0.4, -0.2) is 49.1 Å². The lowest BCUT2D eigenvalue weighted by atomic mass is 10.1. The van der Waals surface area contributed by atoms with Crippen LogP contribution >= 0.6 is 0 Å². The van der Waals surface area contributed by atoms with Crippen LogP contribution in [0.5, 0.6) is 0 Å². The third kappa shape index (κ3) is 3.04. The minimum absolute atomic E-state index is 0.0442. The summed E-state index contributed by atoms with van der Waals surface area (Å²) in [6, 6.07) is 6.28. The number of carbonyl (C=O) groups excluding carboxylic acids is 1. The van der Waals surface area contributed by atoms with Crippen LogP contribution < -0.4 is 5.32 Å². The first-order valence-corrected chi connectivity index (χ1v) is 6.58. The highest BCUT2D eigenvalue weighted by molar-refractivity contribution is 5.74. The van der Waals surface area contributed by atoms with Gasteiger partial charge in [0.2, 0.25) is 0 Å². The molecule has 0 bridgehead atoms. The molecule has 0 aromatic heterocycles. The highest BCUT2D eigenvalue weighted by Crippen LogP contribution is 2.22. The van der Waals surface area contributed by atoms with Crippen molar-refractivity contribution in [2.45, 2.75) is 13.0 Å². The molecule has 19 heavy (non-hydrogen) atoms. The van der Waals surface area contributed by atoms with Crippen LogP contribution in [0.25, 0.3) is 0 Å². The average molecular weight is 265 g/mol. The normalized spacial score (nSPS) is 17.1. The van der Waals surface area contributed by atoms with E-state index in [1.54, 1.807) is 35.0 Å². The third-order valence-corrected chi connectivity index (χ3v) is 3.63. The summed E-state index contributed by atoms with van der Waals surface area (Å²) in [5.41, 5.74) is 0.550. The highest BCUT2D eigenvalue weighted by atomic mass is 19.1. The van der Waals surface area contributed by atoms with E-state index in [1.807, 2.05) is 6.92 Å². The molecule has 104 valence electrons. The summed E-state index contributed by atoms with van der Waals surface area (Å²) in [7, 11) is 1.72. The number of amides is 2. The Morgan fingerprint density at radius 3 is 2.63 bits per heavy atom. The van der Waals surface area contributed by atoms with Crippen LogP contribution in [0.2, 0.25) is 0 Å². The van der Waals surface area contributed by atoms with Gasteiger partial charge in [0, 0.05) is 38.8 Å². The number of benzene rings is 1. The molecule has 0 aliphatic carbocycles. The number of urea groups is 1. The van der Waals surface area contributed by atoms with Gasteiger partial charge in [-0.25, -0.2) is 9.18 Å². The van der Waals surface area contributed by atoms with Gasteiger partial charge in [-0.2, -0.15) is 0 Å². The van der Waals surface area contributed by atoms with E-state index in [4.69, 9.17) is 0 Å². The number of piperazine rings is 1. The van der Waals surface area contributed by atoms with Gasteiger partial charge < -0.3 is 15.1 Å². The van der Waals surface area contributed by atoms with Crippen LogP contribution in [0.4, 0.5) is 9.18 Å². The Kier molecular flexibility index (Phi) is 4.37. The predicted molar refractivity (Wildman–Crippen MR) is 72.4 cm³/mol. The lowest BCUT2D eigenvalue weighted by molar-refractivity contribution is 0.143. The van der Waals surface area contributed by atoms with Gasteiger partial charge in [0.15, 0.2) is 0 Å². The molecule has 0 spiro atoms. The van der Waals surface area contributed by atoms with Crippen molar-refractivity contribution in [3.63, 3.8) is 0 Å². The molecule has 4 nitrogen and oxygen atoms in total. The molecule has 2 rings (SSSR count). The molecule has 0 saturated carbocycles. The molecule has 1 aromatic carbocycles. The minimum atomic E-state index is -0.274. The summed E-state index contributed by atoms with van der Waals surface area (Å²) in [5.74, 6) is -0.269. The Balaban J connectivity index is 2.08. The molecule has 1 fully saturated rings. The quantitative estimate of drug-likeness (QED) is 0.885. The topological polar surface area (TPSA) is 35.6 Å². The maximum absolute atomic E-state index is 13.7. The standard InChI is InChI=1S/C14H20FN3O/c1-11(12-5-3-4-6-13(12)15)17(2)14(19)18-9-7-16-8-10-18/h3-6,11,16H,7-10H2,1-2H3. The number of hydrogen-bond donors (Lipinski definition) is 1. The molecule has 0 radical (unpaired) electrons. The van der Waals surface area contributed by atoms with Gasteiger partial charge in [0.05, 0.1) is 6.04 Å². The summed E-state index contributed by atoms with van der Waals surface area (Å²) < 4.78 is 13.7. The van der Waals surface area contributed by atoms with Gasteiger partial charge in [0.1, 0.15) is 5.82 Å². The van der Waals surface area contributed by atoms with Crippen LogP contribution in [0, 0.1) is 5.82 Å². The number of halogens is 1. The summed E-state index contributed by atoms with van der Waals surface area (Å²) in [6.07, 6.45) is 0. The Morgan fingerprint density at radius 2 is 2.00 bits per heavy atom. The molecule has 1 saturated heterocycles. The first-order chi connectivity index (χ1) is 9.11. The first kappa shape index (κ1) is 13.8. The monoisotopic (exact) mass is 265 g/mol. The fraction of sp³-hybridized carbons (Fsp3) is 0.500. The van der Waals surface area contributed by atoms with Crippen molar-refractivity contribution in [1.82, 2.24) is 15.1 Å². The molecular formula is C14H20FN3O. The van der Waals surface area contributed by atoms with Crippen LogP contribution in [0.15, 0.2) is 24.3 Å². The SMILES string of the molecule is CC(c1ccccc1F)N(C)C(=O)N1CCNCC1. The fourth-order valence-electron chi connectivity index (χ4n) is 2.27. The van der Waals surface area contributed by atoms with E-state index in [2.05, 4.69) is 5.32 Å².